The fraction of sp³-hybridized carbons (Fsp3) is 0.107. The van der Waals surface area contributed by atoms with Crippen molar-refractivity contribution >= 4 is 12.0 Å². The quantitative estimate of drug-likeness (QED) is 0.316. The molecule has 34 heavy (non-hydrogen) atoms. The molecule has 0 radical (unpaired) electrons. The lowest BCUT2D eigenvalue weighted by molar-refractivity contribution is -0.116. The number of nitrogens with one attached hydrogen (secondary N) is 1. The maximum atomic E-state index is 12.1. The van der Waals surface area contributed by atoms with Crippen LogP contribution in [0.1, 0.15) is 16.7 Å². The number of nitriles is 1. The number of amides is 1. The molecule has 6 nitrogen and oxygen atoms in total. The van der Waals surface area contributed by atoms with E-state index >= 15 is 0 Å². The number of carbonyl (C=O) groups is 1. The molecule has 0 atom stereocenters. The minimum atomic E-state index is -0.444. The van der Waals surface area contributed by atoms with Crippen molar-refractivity contribution in [1.82, 2.24) is 15.1 Å². The third kappa shape index (κ3) is 5.22. The molecule has 0 aliphatic heterocycles. The molecule has 0 aliphatic carbocycles. The summed E-state index contributed by atoms with van der Waals surface area (Å²) in [6, 6.07) is 27.5. The van der Waals surface area contributed by atoms with Gasteiger partial charge in [0.2, 0.25) is 0 Å². The average molecular weight is 449 g/mol. The summed E-state index contributed by atoms with van der Waals surface area (Å²) in [5.41, 5.74) is 5.36. The third-order valence-corrected chi connectivity index (χ3v) is 5.31. The van der Waals surface area contributed by atoms with Gasteiger partial charge < -0.3 is 10.1 Å². The summed E-state index contributed by atoms with van der Waals surface area (Å²) < 4.78 is 7.66. The van der Waals surface area contributed by atoms with Crippen molar-refractivity contribution in [2.45, 2.75) is 13.5 Å². The number of rotatable bonds is 7. The van der Waals surface area contributed by atoms with Crippen molar-refractivity contribution in [1.29, 1.82) is 5.26 Å². The van der Waals surface area contributed by atoms with E-state index in [0.717, 1.165) is 22.6 Å². The molecule has 4 rings (SSSR count). The highest BCUT2D eigenvalue weighted by Crippen LogP contribution is 2.28. The number of aryl methyl sites for hydroxylation is 1. The Morgan fingerprint density at radius 1 is 1.06 bits per heavy atom. The largest absolute Gasteiger partial charge is 0.489 e. The summed E-state index contributed by atoms with van der Waals surface area (Å²) in [5, 5.41) is 16.7. The van der Waals surface area contributed by atoms with Crippen LogP contribution in [0.25, 0.3) is 23.0 Å². The molecule has 0 saturated carbocycles. The molecule has 0 fully saturated rings. The number of ether oxygens (including phenoxy) is 1. The fourth-order valence-electron chi connectivity index (χ4n) is 3.43. The second kappa shape index (κ2) is 10.3. The van der Waals surface area contributed by atoms with Crippen LogP contribution in [-0.2, 0) is 11.4 Å². The molecule has 0 unspecified atom stereocenters. The van der Waals surface area contributed by atoms with Crippen molar-refractivity contribution < 1.29 is 9.53 Å². The van der Waals surface area contributed by atoms with Gasteiger partial charge >= 0.3 is 0 Å². The molecule has 1 heterocycles. The highest BCUT2D eigenvalue weighted by Gasteiger charge is 2.14. The minimum Gasteiger partial charge on any atom is -0.489 e. The molecule has 6 heteroatoms. The van der Waals surface area contributed by atoms with Crippen LogP contribution in [0.2, 0.25) is 0 Å². The Morgan fingerprint density at radius 3 is 2.41 bits per heavy atom. The van der Waals surface area contributed by atoms with Crippen LogP contribution in [-0.4, -0.2) is 22.7 Å². The van der Waals surface area contributed by atoms with Crippen LogP contribution in [0.3, 0.4) is 0 Å². The number of hydrogen-bond acceptors (Lipinski definition) is 4. The monoisotopic (exact) mass is 448 g/mol. The van der Waals surface area contributed by atoms with Crippen LogP contribution in [0.4, 0.5) is 0 Å². The van der Waals surface area contributed by atoms with E-state index in [2.05, 4.69) is 36.5 Å². The van der Waals surface area contributed by atoms with Crippen LogP contribution >= 0.6 is 0 Å². The number of likely N-dealkylation sites (N-methyl/N-ethyl adjacent to an activating group) is 1. The Morgan fingerprint density at radius 2 is 1.76 bits per heavy atom. The van der Waals surface area contributed by atoms with Gasteiger partial charge in [0.25, 0.3) is 5.91 Å². The molecule has 4 aromatic rings. The van der Waals surface area contributed by atoms with Crippen LogP contribution in [0.5, 0.6) is 5.75 Å². The second-order valence-electron chi connectivity index (χ2n) is 7.76. The van der Waals surface area contributed by atoms with Gasteiger partial charge in [0.1, 0.15) is 24.0 Å². The summed E-state index contributed by atoms with van der Waals surface area (Å²) in [7, 11) is 1.50. The first-order chi connectivity index (χ1) is 16.6. The average Bonchev–Trinajstić information content (AvgIpc) is 3.31. The van der Waals surface area contributed by atoms with E-state index in [4.69, 9.17) is 9.84 Å². The van der Waals surface area contributed by atoms with Crippen LogP contribution in [0.15, 0.2) is 90.6 Å². The van der Waals surface area contributed by atoms with E-state index in [-0.39, 0.29) is 5.57 Å². The van der Waals surface area contributed by atoms with Gasteiger partial charge in [0, 0.05) is 24.4 Å². The van der Waals surface area contributed by atoms with Gasteiger partial charge in [0.05, 0.1) is 11.4 Å². The van der Waals surface area contributed by atoms with E-state index in [1.165, 1.54) is 12.6 Å². The van der Waals surface area contributed by atoms with E-state index in [1.807, 2.05) is 66.9 Å². The van der Waals surface area contributed by atoms with Crippen molar-refractivity contribution in [2.24, 2.45) is 0 Å². The van der Waals surface area contributed by atoms with Crippen molar-refractivity contribution in [3.05, 3.63) is 107 Å². The molecule has 0 spiro atoms. The molecule has 3 aromatic carbocycles. The Balaban J connectivity index is 1.64. The zero-order chi connectivity index (χ0) is 23.9. The molecule has 1 amide bonds. The van der Waals surface area contributed by atoms with E-state index in [0.29, 0.717) is 17.9 Å². The van der Waals surface area contributed by atoms with Crippen LogP contribution in [0, 0.1) is 18.3 Å². The predicted molar refractivity (Wildman–Crippen MR) is 132 cm³/mol. The third-order valence-electron chi connectivity index (χ3n) is 5.31. The zero-order valence-electron chi connectivity index (χ0n) is 19.0. The lowest BCUT2D eigenvalue weighted by atomic mass is 10.1. The maximum Gasteiger partial charge on any atom is 0.261 e. The van der Waals surface area contributed by atoms with Crippen molar-refractivity contribution in [3.8, 4) is 28.8 Å². The Hall–Kier alpha value is -4.63. The number of aromatic nitrogens is 2. The van der Waals surface area contributed by atoms with Crippen LogP contribution < -0.4 is 10.1 Å². The molecule has 0 aliphatic rings. The Kier molecular flexibility index (Phi) is 6.85. The highest BCUT2D eigenvalue weighted by molar-refractivity contribution is 6.02. The maximum absolute atomic E-state index is 12.1. The van der Waals surface area contributed by atoms with E-state index in [1.54, 1.807) is 10.8 Å². The Labute approximate surface area is 198 Å². The number of carbonyl (C=O) groups excluding carboxylic acids is 1. The molecule has 0 saturated heterocycles. The topological polar surface area (TPSA) is 79.9 Å². The van der Waals surface area contributed by atoms with Gasteiger partial charge in [-0.3, -0.25) is 4.79 Å². The first-order valence-corrected chi connectivity index (χ1v) is 10.8. The zero-order valence-corrected chi connectivity index (χ0v) is 19.0. The molecular formula is C28H24N4O2. The summed E-state index contributed by atoms with van der Waals surface area (Å²) in [5.74, 6) is 0.299. The summed E-state index contributed by atoms with van der Waals surface area (Å²) in [6.07, 6.45) is 3.37. The molecule has 1 aromatic heterocycles. The number of benzene rings is 3. The predicted octanol–water partition coefficient (Wildman–Crippen LogP) is 5.08. The summed E-state index contributed by atoms with van der Waals surface area (Å²) in [6.45, 7) is 2.54. The lowest BCUT2D eigenvalue weighted by Crippen LogP contribution is -2.19. The molecule has 168 valence electrons. The number of nitrogens with zero attached hydrogens (tertiary/aromatic N) is 3. The number of para-hydroxylation sites is 1. The van der Waals surface area contributed by atoms with E-state index in [9.17, 15) is 10.1 Å². The Bertz CT molecular complexity index is 1350. The van der Waals surface area contributed by atoms with Gasteiger partial charge in [-0.05, 0) is 55.0 Å². The molecule has 1 N–H and O–H groups in total. The van der Waals surface area contributed by atoms with E-state index < -0.39 is 5.91 Å². The molecule has 0 bridgehead atoms. The highest BCUT2D eigenvalue weighted by atomic mass is 16.5. The summed E-state index contributed by atoms with van der Waals surface area (Å²) >= 11 is 0. The fourth-order valence-corrected chi connectivity index (χ4v) is 3.43. The SMILES string of the molecule is CNC(=O)/C(C#N)=C\c1cn(-c2ccccc2)nc1-c1ccc(OCc2ccc(C)cc2)cc1. The van der Waals surface area contributed by atoms with Crippen molar-refractivity contribution in [3.63, 3.8) is 0 Å². The first kappa shape index (κ1) is 22.6. The first-order valence-electron chi connectivity index (χ1n) is 10.8. The second-order valence-corrected chi connectivity index (χ2v) is 7.76. The van der Waals surface area contributed by atoms with Gasteiger partial charge in [-0.2, -0.15) is 10.4 Å². The summed E-state index contributed by atoms with van der Waals surface area (Å²) in [4.78, 5) is 12.1. The normalized spacial score (nSPS) is 11.0. The lowest BCUT2D eigenvalue weighted by Gasteiger charge is -2.08. The molecular weight excluding hydrogens is 424 g/mol. The minimum absolute atomic E-state index is 0.00872. The van der Waals surface area contributed by atoms with Gasteiger partial charge in [-0.25, -0.2) is 4.68 Å². The van der Waals surface area contributed by atoms with Gasteiger partial charge in [-0.15, -0.1) is 0 Å². The van der Waals surface area contributed by atoms with Crippen molar-refractivity contribution in [2.75, 3.05) is 7.05 Å². The number of hydrogen-bond donors (Lipinski definition) is 1. The van der Waals surface area contributed by atoms with Gasteiger partial charge in [0.15, 0.2) is 0 Å². The smallest absolute Gasteiger partial charge is 0.261 e. The standard InChI is InChI=1S/C28H24N4O2/c1-20-8-10-21(11-9-20)19-34-26-14-12-22(13-15-26)27-24(16-23(17-29)28(33)30-2)18-32(31-27)25-6-4-3-5-7-25/h3-16,18H,19H2,1-2H3,(H,30,33)/b23-16-. The van der Waals surface area contributed by atoms with Gasteiger partial charge in [-0.1, -0.05) is 48.0 Å².